The molecule has 0 saturated carbocycles. The maximum Gasteiger partial charge on any atom is 0.264 e. The van der Waals surface area contributed by atoms with Gasteiger partial charge in [-0.05, 0) is 79.9 Å². The number of anilines is 3. The Morgan fingerprint density at radius 1 is 0.865 bits per heavy atom. The highest BCUT2D eigenvalue weighted by Gasteiger charge is 2.25. The maximum atomic E-state index is 13.6. The topological polar surface area (TPSA) is 106 Å². The van der Waals surface area contributed by atoms with E-state index in [1.807, 2.05) is 0 Å². The van der Waals surface area contributed by atoms with E-state index in [9.17, 15) is 13.2 Å². The lowest BCUT2D eigenvalue weighted by Crippen LogP contribution is -2.31. The lowest BCUT2D eigenvalue weighted by molar-refractivity contribution is 0.102. The summed E-state index contributed by atoms with van der Waals surface area (Å²) in [5, 5.41) is 2.82. The van der Waals surface area contributed by atoms with Crippen LogP contribution < -0.4 is 29.1 Å². The SMILES string of the molecule is COc1ccc(NS(=O)(=O)c2cc(NC(=O)c3ccc4c(c3)OCCO4)ccc2N2CCCCC2)cc1. The van der Waals surface area contributed by atoms with Crippen LogP contribution in [0, 0.1) is 0 Å². The molecule has 0 unspecified atom stereocenters. The zero-order chi connectivity index (χ0) is 25.8. The molecule has 0 bridgehead atoms. The normalized spacial score (nSPS) is 15.1. The minimum absolute atomic E-state index is 0.102. The number of sulfonamides is 1. The third kappa shape index (κ3) is 5.59. The van der Waals surface area contributed by atoms with Crippen molar-refractivity contribution in [2.75, 3.05) is 48.4 Å². The molecule has 2 aliphatic rings. The Hall–Kier alpha value is -3.92. The molecular weight excluding hydrogens is 494 g/mol. The molecule has 0 aliphatic carbocycles. The zero-order valence-corrected chi connectivity index (χ0v) is 21.3. The first-order valence-corrected chi connectivity index (χ1v) is 13.7. The quantitative estimate of drug-likeness (QED) is 0.469. The second-order valence-corrected chi connectivity index (χ2v) is 10.5. The van der Waals surface area contributed by atoms with Gasteiger partial charge in [0.2, 0.25) is 0 Å². The van der Waals surface area contributed by atoms with Crippen LogP contribution in [0.2, 0.25) is 0 Å². The Labute approximate surface area is 216 Å². The third-order valence-electron chi connectivity index (χ3n) is 6.35. The fourth-order valence-electron chi connectivity index (χ4n) is 4.46. The Bertz CT molecular complexity index is 1390. The molecule has 2 heterocycles. The van der Waals surface area contributed by atoms with E-state index in [-0.39, 0.29) is 10.8 Å². The van der Waals surface area contributed by atoms with Gasteiger partial charge in [0.15, 0.2) is 11.5 Å². The monoisotopic (exact) mass is 523 g/mol. The van der Waals surface area contributed by atoms with Crippen molar-refractivity contribution in [3.63, 3.8) is 0 Å². The predicted molar refractivity (Wildman–Crippen MR) is 142 cm³/mol. The van der Waals surface area contributed by atoms with Crippen LogP contribution >= 0.6 is 0 Å². The first kappa shape index (κ1) is 24.8. The van der Waals surface area contributed by atoms with E-state index < -0.39 is 10.0 Å². The van der Waals surface area contributed by atoms with E-state index >= 15 is 0 Å². The van der Waals surface area contributed by atoms with Crippen molar-refractivity contribution in [3.8, 4) is 17.2 Å². The number of ether oxygens (including phenoxy) is 3. The number of rotatable bonds is 7. The van der Waals surface area contributed by atoms with Crippen molar-refractivity contribution in [1.82, 2.24) is 0 Å². The Morgan fingerprint density at radius 3 is 2.30 bits per heavy atom. The number of carbonyl (C=O) groups is 1. The molecule has 0 atom stereocenters. The minimum Gasteiger partial charge on any atom is -0.497 e. The molecule has 37 heavy (non-hydrogen) atoms. The van der Waals surface area contributed by atoms with Crippen LogP contribution in [-0.4, -0.2) is 47.7 Å². The Kier molecular flexibility index (Phi) is 7.09. The van der Waals surface area contributed by atoms with E-state index in [0.717, 1.165) is 32.4 Å². The number of methoxy groups -OCH3 is 1. The van der Waals surface area contributed by atoms with Crippen molar-refractivity contribution in [2.24, 2.45) is 0 Å². The van der Waals surface area contributed by atoms with Gasteiger partial charge >= 0.3 is 0 Å². The largest absolute Gasteiger partial charge is 0.497 e. The van der Waals surface area contributed by atoms with Gasteiger partial charge in [-0.3, -0.25) is 9.52 Å². The summed E-state index contributed by atoms with van der Waals surface area (Å²) in [6.07, 6.45) is 3.11. The highest BCUT2D eigenvalue weighted by molar-refractivity contribution is 7.92. The van der Waals surface area contributed by atoms with Crippen LogP contribution in [0.1, 0.15) is 29.6 Å². The van der Waals surface area contributed by atoms with Gasteiger partial charge in [0, 0.05) is 30.0 Å². The van der Waals surface area contributed by atoms with E-state index in [1.54, 1.807) is 61.7 Å². The maximum absolute atomic E-state index is 13.6. The van der Waals surface area contributed by atoms with Crippen LogP contribution in [0.4, 0.5) is 17.1 Å². The average Bonchev–Trinajstić information content (AvgIpc) is 2.93. The minimum atomic E-state index is -3.97. The van der Waals surface area contributed by atoms with E-state index in [2.05, 4.69) is 14.9 Å². The zero-order valence-electron chi connectivity index (χ0n) is 20.5. The van der Waals surface area contributed by atoms with Crippen molar-refractivity contribution >= 4 is 33.0 Å². The Morgan fingerprint density at radius 2 is 1.57 bits per heavy atom. The third-order valence-corrected chi connectivity index (χ3v) is 7.76. The molecule has 1 saturated heterocycles. The molecule has 10 heteroatoms. The van der Waals surface area contributed by atoms with Crippen LogP contribution in [-0.2, 0) is 10.0 Å². The average molecular weight is 524 g/mol. The number of nitrogens with one attached hydrogen (secondary N) is 2. The van der Waals surface area contributed by atoms with E-state index in [4.69, 9.17) is 14.2 Å². The first-order chi connectivity index (χ1) is 17.9. The summed E-state index contributed by atoms with van der Waals surface area (Å²) in [5.74, 6) is 1.34. The highest BCUT2D eigenvalue weighted by Crippen LogP contribution is 2.34. The summed E-state index contributed by atoms with van der Waals surface area (Å²) in [5.41, 5.74) is 1.77. The number of hydrogen-bond donors (Lipinski definition) is 2. The Balaban J connectivity index is 1.44. The number of benzene rings is 3. The van der Waals surface area contributed by atoms with Crippen LogP contribution in [0.15, 0.2) is 65.6 Å². The van der Waals surface area contributed by atoms with Gasteiger partial charge in [-0.25, -0.2) is 8.42 Å². The summed E-state index contributed by atoms with van der Waals surface area (Å²) < 4.78 is 46.1. The van der Waals surface area contributed by atoms with Gasteiger partial charge in [0.05, 0.1) is 12.8 Å². The fraction of sp³-hybridized carbons (Fsp3) is 0.296. The number of hydrogen-bond acceptors (Lipinski definition) is 7. The first-order valence-electron chi connectivity index (χ1n) is 12.2. The number of fused-ring (bicyclic) bond motifs is 1. The molecular formula is C27H29N3O6S. The van der Waals surface area contributed by atoms with Gasteiger partial charge < -0.3 is 24.4 Å². The molecule has 9 nitrogen and oxygen atoms in total. The van der Waals surface area contributed by atoms with Gasteiger partial charge in [-0.15, -0.1) is 0 Å². The molecule has 2 N–H and O–H groups in total. The van der Waals surface area contributed by atoms with Gasteiger partial charge in [-0.1, -0.05) is 0 Å². The molecule has 0 aromatic heterocycles. The number of carbonyl (C=O) groups excluding carboxylic acids is 1. The summed E-state index contributed by atoms with van der Waals surface area (Å²) >= 11 is 0. The van der Waals surface area contributed by atoms with Gasteiger partial charge in [0.1, 0.15) is 23.9 Å². The number of amides is 1. The second-order valence-electron chi connectivity index (χ2n) is 8.88. The van der Waals surface area contributed by atoms with Crippen LogP contribution in [0.3, 0.4) is 0 Å². The molecule has 0 spiro atoms. The van der Waals surface area contributed by atoms with E-state index in [1.165, 1.54) is 6.07 Å². The van der Waals surface area contributed by atoms with Crippen molar-refractivity contribution in [2.45, 2.75) is 24.2 Å². The summed E-state index contributed by atoms with van der Waals surface area (Å²) in [4.78, 5) is 15.2. The fourth-order valence-corrected chi connectivity index (χ4v) is 5.77. The number of nitrogens with zero attached hydrogens (tertiary/aromatic N) is 1. The molecule has 3 aromatic rings. The van der Waals surface area contributed by atoms with Crippen LogP contribution in [0.25, 0.3) is 0 Å². The molecule has 0 radical (unpaired) electrons. The van der Waals surface area contributed by atoms with Crippen molar-refractivity contribution in [3.05, 3.63) is 66.2 Å². The second kappa shape index (κ2) is 10.6. The molecule has 1 amide bonds. The van der Waals surface area contributed by atoms with Crippen LogP contribution in [0.5, 0.6) is 17.2 Å². The highest BCUT2D eigenvalue weighted by atomic mass is 32.2. The van der Waals surface area contributed by atoms with E-state index in [0.29, 0.717) is 53.1 Å². The molecule has 5 rings (SSSR count). The standard InChI is InChI=1S/C27H29N3O6S/c1-34-22-9-6-20(7-10-22)29-37(32,33)26-18-21(8-11-23(26)30-13-3-2-4-14-30)28-27(31)19-5-12-24-25(17-19)36-16-15-35-24/h5-12,17-18,29H,2-4,13-16H2,1H3,(H,28,31). The summed E-state index contributed by atoms with van der Waals surface area (Å²) in [7, 11) is -2.42. The number of piperidine rings is 1. The van der Waals surface area contributed by atoms with Gasteiger partial charge in [0.25, 0.3) is 15.9 Å². The summed E-state index contributed by atoms with van der Waals surface area (Å²) in [6, 6.07) is 16.6. The lowest BCUT2D eigenvalue weighted by Gasteiger charge is -2.30. The lowest BCUT2D eigenvalue weighted by atomic mass is 10.1. The van der Waals surface area contributed by atoms with Gasteiger partial charge in [-0.2, -0.15) is 0 Å². The molecule has 3 aromatic carbocycles. The summed E-state index contributed by atoms with van der Waals surface area (Å²) in [6.45, 7) is 2.42. The predicted octanol–water partition coefficient (Wildman–Crippen LogP) is 4.51. The smallest absolute Gasteiger partial charge is 0.264 e. The molecule has 1 fully saturated rings. The van der Waals surface area contributed by atoms with Crippen molar-refractivity contribution < 1.29 is 27.4 Å². The molecule has 2 aliphatic heterocycles. The van der Waals surface area contributed by atoms with Crippen molar-refractivity contribution in [1.29, 1.82) is 0 Å². The molecule has 194 valence electrons.